The van der Waals surface area contributed by atoms with E-state index in [4.69, 9.17) is 4.74 Å². The number of rotatable bonds is 2. The van der Waals surface area contributed by atoms with Crippen LogP contribution < -0.4 is 0 Å². The van der Waals surface area contributed by atoms with Crippen molar-refractivity contribution in [2.75, 3.05) is 13.2 Å². The maximum Gasteiger partial charge on any atom is 0.0499 e. The standard InChI is InChI=1S/C11H22O/c1-8(2)10-5-6-12-7-11(10)9(3)4/h8-11H,5-7H2,1-4H3/t10-,11+/m1/s1. The molecular formula is C11H22O. The third kappa shape index (κ3) is 2.22. The van der Waals surface area contributed by atoms with Crippen LogP contribution in [0.1, 0.15) is 34.1 Å². The summed E-state index contributed by atoms with van der Waals surface area (Å²) in [6, 6.07) is 0. The molecule has 1 fully saturated rings. The average Bonchev–Trinajstić information content (AvgIpc) is 2.04. The predicted molar refractivity (Wildman–Crippen MR) is 52.1 cm³/mol. The Morgan fingerprint density at radius 2 is 1.58 bits per heavy atom. The summed E-state index contributed by atoms with van der Waals surface area (Å²) in [6.45, 7) is 11.3. The zero-order valence-electron chi connectivity index (χ0n) is 8.84. The van der Waals surface area contributed by atoms with Crippen LogP contribution in [-0.4, -0.2) is 13.2 Å². The second-order valence-corrected chi connectivity index (χ2v) is 4.68. The zero-order valence-corrected chi connectivity index (χ0v) is 8.84. The Labute approximate surface area is 76.5 Å². The van der Waals surface area contributed by atoms with Gasteiger partial charge in [-0.25, -0.2) is 0 Å². The molecule has 0 aromatic carbocycles. The van der Waals surface area contributed by atoms with Gasteiger partial charge in [-0.2, -0.15) is 0 Å². The Morgan fingerprint density at radius 3 is 2.00 bits per heavy atom. The maximum atomic E-state index is 5.52. The van der Waals surface area contributed by atoms with E-state index in [1.165, 1.54) is 6.42 Å². The predicted octanol–water partition coefficient (Wildman–Crippen LogP) is 2.95. The first-order chi connectivity index (χ1) is 5.63. The highest BCUT2D eigenvalue weighted by atomic mass is 16.5. The second-order valence-electron chi connectivity index (χ2n) is 4.68. The molecule has 1 rings (SSSR count). The molecule has 1 heterocycles. The molecule has 0 aromatic heterocycles. The summed E-state index contributed by atoms with van der Waals surface area (Å²) in [7, 11) is 0. The molecule has 0 amide bonds. The van der Waals surface area contributed by atoms with Gasteiger partial charge >= 0.3 is 0 Å². The van der Waals surface area contributed by atoms with Crippen molar-refractivity contribution < 1.29 is 4.74 Å². The fourth-order valence-corrected chi connectivity index (χ4v) is 2.29. The van der Waals surface area contributed by atoms with E-state index in [-0.39, 0.29) is 0 Å². The van der Waals surface area contributed by atoms with Gasteiger partial charge in [-0.1, -0.05) is 27.7 Å². The van der Waals surface area contributed by atoms with Crippen molar-refractivity contribution in [2.24, 2.45) is 23.7 Å². The van der Waals surface area contributed by atoms with Crippen molar-refractivity contribution in [1.29, 1.82) is 0 Å². The molecule has 1 aliphatic heterocycles. The molecule has 0 aromatic rings. The molecule has 0 radical (unpaired) electrons. The molecular weight excluding hydrogens is 148 g/mol. The van der Waals surface area contributed by atoms with Gasteiger partial charge in [0.1, 0.15) is 0 Å². The monoisotopic (exact) mass is 170 g/mol. The summed E-state index contributed by atoms with van der Waals surface area (Å²) in [5, 5.41) is 0. The first kappa shape index (κ1) is 10.0. The van der Waals surface area contributed by atoms with Gasteiger partial charge < -0.3 is 4.74 Å². The molecule has 1 heteroatoms. The first-order valence-electron chi connectivity index (χ1n) is 5.20. The molecule has 1 nitrogen and oxygen atoms in total. The Kier molecular flexibility index (Phi) is 3.57. The van der Waals surface area contributed by atoms with E-state index in [1.54, 1.807) is 0 Å². The van der Waals surface area contributed by atoms with E-state index in [0.717, 1.165) is 36.9 Å². The molecule has 0 saturated carbocycles. The van der Waals surface area contributed by atoms with E-state index >= 15 is 0 Å². The molecule has 2 atom stereocenters. The van der Waals surface area contributed by atoms with Crippen LogP contribution in [0.15, 0.2) is 0 Å². The normalized spacial score (nSPS) is 31.5. The maximum absolute atomic E-state index is 5.52. The third-order valence-electron chi connectivity index (χ3n) is 3.17. The van der Waals surface area contributed by atoms with Crippen LogP contribution in [0.2, 0.25) is 0 Å². The van der Waals surface area contributed by atoms with Crippen molar-refractivity contribution in [3.8, 4) is 0 Å². The van der Waals surface area contributed by atoms with Gasteiger partial charge in [0.15, 0.2) is 0 Å². The van der Waals surface area contributed by atoms with Crippen molar-refractivity contribution in [3.63, 3.8) is 0 Å². The molecule has 0 aliphatic carbocycles. The molecule has 0 bridgehead atoms. The Balaban J connectivity index is 2.54. The minimum atomic E-state index is 0.776. The lowest BCUT2D eigenvalue weighted by Gasteiger charge is -2.36. The van der Waals surface area contributed by atoms with E-state index < -0.39 is 0 Å². The SMILES string of the molecule is CC(C)[C@H]1CCOC[C@H]1C(C)C. The number of hydrogen-bond donors (Lipinski definition) is 0. The van der Waals surface area contributed by atoms with Crippen molar-refractivity contribution in [1.82, 2.24) is 0 Å². The van der Waals surface area contributed by atoms with Gasteiger partial charge in [-0.3, -0.25) is 0 Å². The van der Waals surface area contributed by atoms with Gasteiger partial charge in [-0.15, -0.1) is 0 Å². The highest BCUT2D eigenvalue weighted by Crippen LogP contribution is 2.33. The van der Waals surface area contributed by atoms with Crippen LogP contribution in [0.3, 0.4) is 0 Å². The summed E-state index contributed by atoms with van der Waals surface area (Å²) >= 11 is 0. The van der Waals surface area contributed by atoms with Crippen LogP contribution in [0.5, 0.6) is 0 Å². The van der Waals surface area contributed by atoms with Crippen molar-refractivity contribution in [2.45, 2.75) is 34.1 Å². The van der Waals surface area contributed by atoms with Crippen LogP contribution >= 0.6 is 0 Å². The average molecular weight is 170 g/mol. The van der Waals surface area contributed by atoms with Crippen LogP contribution in [0.25, 0.3) is 0 Å². The summed E-state index contributed by atoms with van der Waals surface area (Å²) < 4.78 is 5.52. The third-order valence-corrected chi connectivity index (χ3v) is 3.17. The van der Waals surface area contributed by atoms with Crippen LogP contribution in [0, 0.1) is 23.7 Å². The molecule has 12 heavy (non-hydrogen) atoms. The highest BCUT2D eigenvalue weighted by Gasteiger charge is 2.29. The van der Waals surface area contributed by atoms with Crippen molar-refractivity contribution in [3.05, 3.63) is 0 Å². The summed E-state index contributed by atoms with van der Waals surface area (Å²) in [5.74, 6) is 3.27. The smallest absolute Gasteiger partial charge is 0.0499 e. The summed E-state index contributed by atoms with van der Waals surface area (Å²) in [6.07, 6.45) is 1.26. The van der Waals surface area contributed by atoms with Crippen LogP contribution in [-0.2, 0) is 4.74 Å². The highest BCUT2D eigenvalue weighted by molar-refractivity contribution is 4.78. The Hall–Kier alpha value is -0.0400. The largest absolute Gasteiger partial charge is 0.381 e. The van der Waals surface area contributed by atoms with E-state index in [1.807, 2.05) is 0 Å². The second kappa shape index (κ2) is 4.27. The first-order valence-corrected chi connectivity index (χ1v) is 5.20. The van der Waals surface area contributed by atoms with E-state index in [9.17, 15) is 0 Å². The zero-order chi connectivity index (χ0) is 9.14. The number of ether oxygens (including phenoxy) is 1. The molecule has 1 aliphatic rings. The summed E-state index contributed by atoms with van der Waals surface area (Å²) in [4.78, 5) is 0. The van der Waals surface area contributed by atoms with Gasteiger partial charge in [-0.05, 0) is 30.1 Å². The minimum absolute atomic E-state index is 0.776. The van der Waals surface area contributed by atoms with E-state index in [0.29, 0.717) is 0 Å². The Bertz CT molecular complexity index is 113. The molecule has 0 N–H and O–H groups in total. The van der Waals surface area contributed by atoms with Gasteiger partial charge in [0, 0.05) is 13.2 Å². The molecule has 0 unspecified atom stereocenters. The Morgan fingerprint density at radius 1 is 1.00 bits per heavy atom. The lowest BCUT2D eigenvalue weighted by molar-refractivity contribution is -0.0177. The molecule has 0 spiro atoms. The fraction of sp³-hybridized carbons (Fsp3) is 1.00. The topological polar surface area (TPSA) is 9.23 Å². The number of hydrogen-bond acceptors (Lipinski definition) is 1. The summed E-state index contributed by atoms with van der Waals surface area (Å²) in [5.41, 5.74) is 0. The molecule has 72 valence electrons. The van der Waals surface area contributed by atoms with Crippen molar-refractivity contribution >= 4 is 0 Å². The lowest BCUT2D eigenvalue weighted by atomic mass is 9.75. The van der Waals surface area contributed by atoms with Crippen LogP contribution in [0.4, 0.5) is 0 Å². The quantitative estimate of drug-likeness (QED) is 0.619. The lowest BCUT2D eigenvalue weighted by Crippen LogP contribution is -2.34. The van der Waals surface area contributed by atoms with Gasteiger partial charge in [0.05, 0.1) is 0 Å². The minimum Gasteiger partial charge on any atom is -0.381 e. The van der Waals surface area contributed by atoms with E-state index in [2.05, 4.69) is 27.7 Å². The van der Waals surface area contributed by atoms with Gasteiger partial charge in [0.2, 0.25) is 0 Å². The fourth-order valence-electron chi connectivity index (χ4n) is 2.29. The van der Waals surface area contributed by atoms with Gasteiger partial charge in [0.25, 0.3) is 0 Å². The molecule has 1 saturated heterocycles.